The monoisotopic (exact) mass is 294 g/mol. The summed E-state index contributed by atoms with van der Waals surface area (Å²) in [7, 11) is 0. The Morgan fingerprint density at radius 3 is 2.95 bits per heavy atom. The zero-order valence-corrected chi connectivity index (χ0v) is 13.3. The summed E-state index contributed by atoms with van der Waals surface area (Å²) in [6, 6.07) is 2.40. The largest absolute Gasteiger partial charge is 0.377 e. The van der Waals surface area contributed by atoms with Crippen LogP contribution in [0.2, 0.25) is 0 Å². The van der Waals surface area contributed by atoms with Gasteiger partial charge >= 0.3 is 0 Å². The van der Waals surface area contributed by atoms with Crippen LogP contribution in [0, 0.1) is 0 Å². The first kappa shape index (κ1) is 16.0. The molecule has 1 aromatic rings. The summed E-state index contributed by atoms with van der Waals surface area (Å²) in [5, 5.41) is 3.27. The Morgan fingerprint density at radius 1 is 1.38 bits per heavy atom. The van der Waals surface area contributed by atoms with E-state index >= 15 is 0 Å². The van der Waals surface area contributed by atoms with E-state index in [4.69, 9.17) is 9.47 Å². The zero-order chi connectivity index (χ0) is 15.1. The molecule has 2 rings (SSSR count). The molecule has 0 aliphatic carbocycles. The molecule has 1 aliphatic heterocycles. The predicted molar refractivity (Wildman–Crippen MR) is 83.8 cm³/mol. The van der Waals surface area contributed by atoms with Gasteiger partial charge in [-0.25, -0.2) is 9.97 Å². The molecule has 0 aromatic carbocycles. The normalized spacial score (nSPS) is 18.8. The van der Waals surface area contributed by atoms with E-state index in [9.17, 15) is 0 Å². The van der Waals surface area contributed by atoms with Crippen molar-refractivity contribution in [3.8, 4) is 0 Å². The first-order chi connectivity index (χ1) is 10.3. The van der Waals surface area contributed by atoms with Crippen molar-refractivity contribution < 1.29 is 9.47 Å². The maximum Gasteiger partial charge on any atom is 0.158 e. The van der Waals surface area contributed by atoms with Crippen LogP contribution in [0.3, 0.4) is 0 Å². The molecule has 1 aliphatic rings. The number of nitrogens with one attached hydrogen (secondary N) is 1. The lowest BCUT2D eigenvalue weighted by molar-refractivity contribution is 0.0923. The summed E-state index contributed by atoms with van der Waals surface area (Å²) in [4.78, 5) is 11.5. The highest BCUT2D eigenvalue weighted by atomic mass is 16.5. The first-order valence-corrected chi connectivity index (χ1v) is 7.82. The van der Waals surface area contributed by atoms with E-state index in [-0.39, 0.29) is 0 Å². The lowest BCUT2D eigenvalue weighted by atomic mass is 10.2. The van der Waals surface area contributed by atoms with Crippen molar-refractivity contribution in [1.82, 2.24) is 9.97 Å². The molecule has 6 heteroatoms. The highest BCUT2D eigenvalue weighted by molar-refractivity contribution is 5.50. The highest BCUT2D eigenvalue weighted by Crippen LogP contribution is 2.22. The number of ether oxygens (including phenoxy) is 2. The molecular weight excluding hydrogens is 268 g/mol. The van der Waals surface area contributed by atoms with E-state index in [1.54, 1.807) is 0 Å². The summed E-state index contributed by atoms with van der Waals surface area (Å²) < 4.78 is 11.0. The van der Waals surface area contributed by atoms with Gasteiger partial charge in [0.05, 0.1) is 19.3 Å². The van der Waals surface area contributed by atoms with Gasteiger partial charge in [0, 0.05) is 25.8 Å². The molecule has 0 bridgehead atoms. The van der Waals surface area contributed by atoms with E-state index in [1.165, 1.54) is 0 Å². The van der Waals surface area contributed by atoms with Gasteiger partial charge < -0.3 is 19.7 Å². The van der Waals surface area contributed by atoms with Gasteiger partial charge in [-0.05, 0) is 20.3 Å². The summed E-state index contributed by atoms with van der Waals surface area (Å²) in [6.07, 6.45) is 1.04. The number of hydrogen-bond acceptors (Lipinski definition) is 6. The third-order valence-corrected chi connectivity index (χ3v) is 3.55. The van der Waals surface area contributed by atoms with Crippen molar-refractivity contribution in [2.24, 2.45) is 0 Å². The quantitative estimate of drug-likeness (QED) is 0.830. The molecule has 0 spiro atoms. The predicted octanol–water partition coefficient (Wildman–Crippen LogP) is 2.06. The molecule has 2 heterocycles. The lowest BCUT2D eigenvalue weighted by Gasteiger charge is -2.36. The standard InChI is InChI=1S/C15H26N4O2/c1-4-12-10-21-8-7-19(12)15-9-13(16-5-2)17-14(18-15)11-20-6-3/h9,12H,4-8,10-11H2,1-3H3,(H,16,17,18). The van der Waals surface area contributed by atoms with Gasteiger partial charge in [0.1, 0.15) is 18.2 Å². The number of hydrogen-bond donors (Lipinski definition) is 1. The average Bonchev–Trinajstić information content (AvgIpc) is 2.53. The van der Waals surface area contributed by atoms with Crippen LogP contribution in [-0.4, -0.2) is 48.9 Å². The molecule has 1 fully saturated rings. The van der Waals surface area contributed by atoms with Crippen molar-refractivity contribution >= 4 is 11.6 Å². The molecule has 0 saturated carbocycles. The first-order valence-electron chi connectivity index (χ1n) is 7.82. The Morgan fingerprint density at radius 2 is 2.24 bits per heavy atom. The number of morpholine rings is 1. The second-order valence-electron chi connectivity index (χ2n) is 5.03. The van der Waals surface area contributed by atoms with Gasteiger partial charge in [-0.1, -0.05) is 6.92 Å². The van der Waals surface area contributed by atoms with E-state index in [0.717, 1.165) is 50.2 Å². The van der Waals surface area contributed by atoms with Crippen LogP contribution in [0.5, 0.6) is 0 Å². The molecular formula is C15H26N4O2. The van der Waals surface area contributed by atoms with E-state index in [2.05, 4.69) is 34.0 Å². The molecule has 118 valence electrons. The van der Waals surface area contributed by atoms with Crippen LogP contribution >= 0.6 is 0 Å². The second kappa shape index (κ2) is 8.14. The van der Waals surface area contributed by atoms with Gasteiger partial charge in [0.15, 0.2) is 5.82 Å². The Kier molecular flexibility index (Phi) is 6.20. The third kappa shape index (κ3) is 4.28. The molecule has 1 aromatic heterocycles. The Balaban J connectivity index is 2.24. The van der Waals surface area contributed by atoms with Crippen molar-refractivity contribution in [2.75, 3.05) is 43.1 Å². The highest BCUT2D eigenvalue weighted by Gasteiger charge is 2.23. The Bertz CT molecular complexity index is 442. The maximum atomic E-state index is 5.57. The average molecular weight is 294 g/mol. The fourth-order valence-corrected chi connectivity index (χ4v) is 2.45. The number of anilines is 2. The molecule has 6 nitrogen and oxygen atoms in total. The van der Waals surface area contributed by atoms with Gasteiger partial charge in [0.25, 0.3) is 0 Å². The minimum Gasteiger partial charge on any atom is -0.377 e. The van der Waals surface area contributed by atoms with Crippen molar-refractivity contribution in [1.29, 1.82) is 0 Å². The van der Waals surface area contributed by atoms with Gasteiger partial charge in [0.2, 0.25) is 0 Å². The molecule has 0 amide bonds. The van der Waals surface area contributed by atoms with Gasteiger partial charge in [-0.2, -0.15) is 0 Å². The minimum absolute atomic E-state index is 0.378. The third-order valence-electron chi connectivity index (χ3n) is 3.55. The van der Waals surface area contributed by atoms with Crippen LogP contribution < -0.4 is 10.2 Å². The fourth-order valence-electron chi connectivity index (χ4n) is 2.45. The second-order valence-corrected chi connectivity index (χ2v) is 5.03. The van der Waals surface area contributed by atoms with E-state index in [1.807, 2.05) is 13.0 Å². The van der Waals surface area contributed by atoms with Crippen molar-refractivity contribution in [3.63, 3.8) is 0 Å². The summed E-state index contributed by atoms with van der Waals surface area (Å²) in [5.74, 6) is 2.55. The molecule has 21 heavy (non-hydrogen) atoms. The number of nitrogens with zero attached hydrogens (tertiary/aromatic N) is 3. The summed E-state index contributed by atoms with van der Waals surface area (Å²) >= 11 is 0. The smallest absolute Gasteiger partial charge is 0.158 e. The molecule has 1 saturated heterocycles. The number of aromatic nitrogens is 2. The molecule has 1 unspecified atom stereocenters. The summed E-state index contributed by atoms with van der Waals surface area (Å²) in [6.45, 7) is 10.6. The van der Waals surface area contributed by atoms with Gasteiger partial charge in [-0.3, -0.25) is 0 Å². The zero-order valence-electron chi connectivity index (χ0n) is 13.3. The minimum atomic E-state index is 0.378. The SMILES string of the molecule is CCNc1cc(N2CCOCC2CC)nc(COCC)n1. The number of rotatable bonds is 7. The Labute approximate surface area is 126 Å². The van der Waals surface area contributed by atoms with Crippen LogP contribution in [0.25, 0.3) is 0 Å². The van der Waals surface area contributed by atoms with Crippen molar-refractivity contribution in [3.05, 3.63) is 11.9 Å². The fraction of sp³-hybridized carbons (Fsp3) is 0.733. The van der Waals surface area contributed by atoms with Crippen LogP contribution in [-0.2, 0) is 16.1 Å². The lowest BCUT2D eigenvalue weighted by Crippen LogP contribution is -2.45. The van der Waals surface area contributed by atoms with Crippen LogP contribution in [0.15, 0.2) is 6.07 Å². The van der Waals surface area contributed by atoms with Gasteiger partial charge in [-0.15, -0.1) is 0 Å². The van der Waals surface area contributed by atoms with E-state index in [0.29, 0.717) is 19.3 Å². The Hall–Kier alpha value is -1.40. The maximum absolute atomic E-state index is 5.57. The van der Waals surface area contributed by atoms with Crippen molar-refractivity contribution in [2.45, 2.75) is 39.8 Å². The van der Waals surface area contributed by atoms with E-state index < -0.39 is 0 Å². The molecule has 1 N–H and O–H groups in total. The van der Waals surface area contributed by atoms with Crippen LogP contribution in [0.4, 0.5) is 11.6 Å². The molecule has 1 atom stereocenters. The molecule has 0 radical (unpaired) electrons. The summed E-state index contributed by atoms with van der Waals surface area (Å²) in [5.41, 5.74) is 0. The van der Waals surface area contributed by atoms with Crippen LogP contribution in [0.1, 0.15) is 33.0 Å². The topological polar surface area (TPSA) is 59.5 Å².